The number of H-pyrrole nitrogens is 1. The van der Waals surface area contributed by atoms with Gasteiger partial charge < -0.3 is 20.4 Å². The van der Waals surface area contributed by atoms with Gasteiger partial charge in [-0.1, -0.05) is 36.4 Å². The number of imidazole rings is 1. The highest BCUT2D eigenvalue weighted by Gasteiger charge is 2.05. The van der Waals surface area contributed by atoms with Crippen molar-refractivity contribution in [1.82, 2.24) is 20.6 Å². The highest BCUT2D eigenvalue weighted by atomic mass is 35.5. The third-order valence-electron chi connectivity index (χ3n) is 3.87. The fourth-order valence-corrected chi connectivity index (χ4v) is 2.51. The summed E-state index contributed by atoms with van der Waals surface area (Å²) < 4.78 is 4.92. The van der Waals surface area contributed by atoms with Gasteiger partial charge in [-0.05, 0) is 17.7 Å². The number of nitrogens with one attached hydrogen (secondary N) is 3. The molecule has 0 saturated carbocycles. The Kier molecular flexibility index (Phi) is 7.59. The van der Waals surface area contributed by atoms with Gasteiger partial charge in [0.2, 0.25) is 5.91 Å². The summed E-state index contributed by atoms with van der Waals surface area (Å²) in [7, 11) is 1.64. The van der Waals surface area contributed by atoms with Gasteiger partial charge in [0.15, 0.2) is 0 Å². The van der Waals surface area contributed by atoms with Crippen LogP contribution in [0.15, 0.2) is 48.5 Å². The molecule has 0 atom stereocenters. The molecule has 2 aromatic carbocycles. The van der Waals surface area contributed by atoms with Crippen LogP contribution in [-0.4, -0.2) is 42.7 Å². The zero-order valence-electron chi connectivity index (χ0n) is 14.6. The maximum absolute atomic E-state index is 11.7. The topological polar surface area (TPSA) is 79.0 Å². The summed E-state index contributed by atoms with van der Waals surface area (Å²) in [5.74, 6) is 0.816. The number of aromatic nitrogens is 2. The molecule has 3 N–H and O–H groups in total. The number of hydrogen-bond acceptors (Lipinski definition) is 4. The first kappa shape index (κ1) is 19.9. The van der Waals surface area contributed by atoms with E-state index in [-0.39, 0.29) is 18.3 Å². The van der Waals surface area contributed by atoms with Crippen LogP contribution in [-0.2, 0) is 16.1 Å². The number of halogens is 1. The van der Waals surface area contributed by atoms with E-state index in [1.54, 1.807) is 7.11 Å². The van der Waals surface area contributed by atoms with Gasteiger partial charge in [-0.25, -0.2) is 4.98 Å². The Hall–Kier alpha value is -2.41. The van der Waals surface area contributed by atoms with Crippen molar-refractivity contribution < 1.29 is 9.53 Å². The lowest BCUT2D eigenvalue weighted by atomic mass is 10.1. The summed E-state index contributed by atoms with van der Waals surface area (Å²) in [6.45, 7) is 2.05. The first-order chi connectivity index (χ1) is 12.3. The summed E-state index contributed by atoms with van der Waals surface area (Å²) in [5.41, 5.74) is 4.04. The molecular formula is C19H23ClN4O2. The number of methoxy groups -OCH3 is 1. The Morgan fingerprint density at radius 1 is 1.15 bits per heavy atom. The molecule has 0 fully saturated rings. The summed E-state index contributed by atoms with van der Waals surface area (Å²) >= 11 is 0. The number of carbonyl (C=O) groups is 1. The third-order valence-corrected chi connectivity index (χ3v) is 3.87. The van der Waals surface area contributed by atoms with E-state index >= 15 is 0 Å². The van der Waals surface area contributed by atoms with Crippen molar-refractivity contribution in [2.24, 2.45) is 0 Å². The Morgan fingerprint density at radius 3 is 2.65 bits per heavy atom. The molecule has 138 valence electrons. The molecule has 7 heteroatoms. The summed E-state index contributed by atoms with van der Waals surface area (Å²) in [5, 5.41) is 5.91. The number of fused-ring (bicyclic) bond motifs is 1. The second kappa shape index (κ2) is 9.91. The highest BCUT2D eigenvalue weighted by molar-refractivity contribution is 5.85. The predicted octanol–water partition coefficient (Wildman–Crippen LogP) is 2.50. The van der Waals surface area contributed by atoms with Gasteiger partial charge >= 0.3 is 0 Å². The highest BCUT2D eigenvalue weighted by Crippen LogP contribution is 2.20. The van der Waals surface area contributed by atoms with Crippen LogP contribution in [0.25, 0.3) is 22.4 Å². The molecule has 0 aliphatic heterocycles. The average molecular weight is 375 g/mol. The van der Waals surface area contributed by atoms with Crippen molar-refractivity contribution in [1.29, 1.82) is 0 Å². The predicted molar refractivity (Wildman–Crippen MR) is 105 cm³/mol. The van der Waals surface area contributed by atoms with Crippen LogP contribution in [0.2, 0.25) is 0 Å². The van der Waals surface area contributed by atoms with Crippen LogP contribution in [0.1, 0.15) is 5.56 Å². The summed E-state index contributed by atoms with van der Waals surface area (Å²) in [4.78, 5) is 19.6. The molecular weight excluding hydrogens is 352 g/mol. The van der Waals surface area contributed by atoms with Crippen molar-refractivity contribution in [3.63, 3.8) is 0 Å². The van der Waals surface area contributed by atoms with Crippen LogP contribution >= 0.6 is 12.4 Å². The lowest BCUT2D eigenvalue weighted by Crippen LogP contribution is -2.34. The lowest BCUT2D eigenvalue weighted by molar-refractivity contribution is -0.120. The largest absolute Gasteiger partial charge is 0.383 e. The Labute approximate surface area is 158 Å². The van der Waals surface area contributed by atoms with E-state index in [2.05, 4.69) is 20.6 Å². The van der Waals surface area contributed by atoms with Gasteiger partial charge in [0, 0.05) is 25.8 Å². The molecule has 3 aromatic rings. The van der Waals surface area contributed by atoms with Crippen molar-refractivity contribution >= 4 is 29.3 Å². The molecule has 1 amide bonds. The fourth-order valence-electron chi connectivity index (χ4n) is 2.51. The van der Waals surface area contributed by atoms with E-state index in [0.717, 1.165) is 28.0 Å². The van der Waals surface area contributed by atoms with Crippen LogP contribution in [0.4, 0.5) is 0 Å². The average Bonchev–Trinajstić information content (AvgIpc) is 3.08. The maximum Gasteiger partial charge on any atom is 0.234 e. The molecule has 1 heterocycles. The normalized spacial score (nSPS) is 10.5. The maximum atomic E-state index is 11.7. The van der Waals surface area contributed by atoms with E-state index in [1.807, 2.05) is 48.5 Å². The van der Waals surface area contributed by atoms with E-state index < -0.39 is 0 Å². The fraction of sp³-hybridized carbons (Fsp3) is 0.263. The number of aromatic amines is 1. The number of ether oxygens (including phenoxy) is 1. The Bertz CT molecular complexity index is 800. The molecule has 0 unspecified atom stereocenters. The van der Waals surface area contributed by atoms with Gasteiger partial charge in [-0.15, -0.1) is 12.4 Å². The zero-order chi connectivity index (χ0) is 17.5. The standard InChI is InChI=1S/C19H22N4O2.ClH/c1-25-11-10-20-13-18(24)21-12-14-6-8-15(9-7-14)19-22-16-4-2-3-5-17(16)23-19;/h2-9,20H,10-13H2,1H3,(H,21,24)(H,22,23);1H. The molecule has 0 bridgehead atoms. The van der Waals surface area contributed by atoms with Crippen LogP contribution < -0.4 is 10.6 Å². The first-order valence-electron chi connectivity index (χ1n) is 8.26. The van der Waals surface area contributed by atoms with Gasteiger partial charge in [0.25, 0.3) is 0 Å². The molecule has 26 heavy (non-hydrogen) atoms. The van der Waals surface area contributed by atoms with Gasteiger partial charge in [0.1, 0.15) is 5.82 Å². The number of carbonyl (C=O) groups excluding carboxylic acids is 1. The van der Waals surface area contributed by atoms with Gasteiger partial charge in [-0.3, -0.25) is 4.79 Å². The monoisotopic (exact) mass is 374 g/mol. The molecule has 0 radical (unpaired) electrons. The number of amides is 1. The smallest absolute Gasteiger partial charge is 0.234 e. The third kappa shape index (κ3) is 5.29. The van der Waals surface area contributed by atoms with Crippen molar-refractivity contribution in [2.75, 3.05) is 26.8 Å². The molecule has 0 spiro atoms. The lowest BCUT2D eigenvalue weighted by Gasteiger charge is -2.07. The van der Waals surface area contributed by atoms with E-state index in [4.69, 9.17) is 4.74 Å². The molecule has 0 aliphatic carbocycles. The molecule has 3 rings (SSSR count). The quantitative estimate of drug-likeness (QED) is 0.529. The second-order valence-corrected chi connectivity index (χ2v) is 5.75. The Balaban J connectivity index is 0.00000243. The minimum Gasteiger partial charge on any atom is -0.383 e. The number of para-hydroxylation sites is 2. The number of rotatable bonds is 8. The Morgan fingerprint density at radius 2 is 1.92 bits per heavy atom. The van der Waals surface area contributed by atoms with E-state index in [1.165, 1.54) is 0 Å². The minimum atomic E-state index is -0.0301. The SMILES string of the molecule is COCCNCC(=O)NCc1ccc(-c2nc3ccccc3[nH]2)cc1.Cl. The number of nitrogens with zero attached hydrogens (tertiary/aromatic N) is 1. The molecule has 0 aliphatic rings. The summed E-state index contributed by atoms with van der Waals surface area (Å²) in [6.07, 6.45) is 0. The van der Waals surface area contributed by atoms with Crippen molar-refractivity contribution in [2.45, 2.75) is 6.54 Å². The van der Waals surface area contributed by atoms with Crippen LogP contribution in [0, 0.1) is 0 Å². The van der Waals surface area contributed by atoms with Crippen LogP contribution in [0.3, 0.4) is 0 Å². The summed E-state index contributed by atoms with van der Waals surface area (Å²) in [6, 6.07) is 16.0. The van der Waals surface area contributed by atoms with E-state index in [0.29, 0.717) is 26.2 Å². The van der Waals surface area contributed by atoms with E-state index in [9.17, 15) is 4.79 Å². The van der Waals surface area contributed by atoms with Gasteiger partial charge in [-0.2, -0.15) is 0 Å². The minimum absolute atomic E-state index is 0. The zero-order valence-corrected chi connectivity index (χ0v) is 15.4. The molecule has 1 aromatic heterocycles. The molecule has 6 nitrogen and oxygen atoms in total. The number of benzene rings is 2. The van der Waals surface area contributed by atoms with Crippen molar-refractivity contribution in [3.05, 3.63) is 54.1 Å². The molecule has 0 saturated heterocycles. The second-order valence-electron chi connectivity index (χ2n) is 5.75. The van der Waals surface area contributed by atoms with Gasteiger partial charge in [0.05, 0.1) is 24.2 Å². The van der Waals surface area contributed by atoms with Crippen LogP contribution in [0.5, 0.6) is 0 Å². The number of hydrogen-bond donors (Lipinski definition) is 3. The first-order valence-corrected chi connectivity index (χ1v) is 8.26. The van der Waals surface area contributed by atoms with Crippen molar-refractivity contribution in [3.8, 4) is 11.4 Å².